The molecule has 0 radical (unpaired) electrons. The number of nitrogens with two attached hydrogens (primary N) is 1. The lowest BCUT2D eigenvalue weighted by molar-refractivity contribution is 0.267. The maximum absolute atomic E-state index is 5.98. The van der Waals surface area contributed by atoms with Crippen LogP contribution in [0.2, 0.25) is 5.02 Å². The average molecular weight is 408 g/mol. The summed E-state index contributed by atoms with van der Waals surface area (Å²) in [5, 5.41) is 0.706. The van der Waals surface area contributed by atoms with Crippen molar-refractivity contribution in [3.05, 3.63) is 78.1 Å². The van der Waals surface area contributed by atoms with E-state index in [1.807, 2.05) is 77.5 Å². The van der Waals surface area contributed by atoms with Gasteiger partial charge in [0.25, 0.3) is 0 Å². The Morgan fingerprint density at radius 1 is 0.931 bits per heavy atom. The number of hydrogen-bond acceptors (Lipinski definition) is 4. The van der Waals surface area contributed by atoms with Gasteiger partial charge in [-0.2, -0.15) is 0 Å². The van der Waals surface area contributed by atoms with Crippen molar-refractivity contribution in [1.82, 2.24) is 9.38 Å². The molecule has 2 aromatic carbocycles. The number of unbranched alkanes of at least 4 members (excludes halogenated alkanes) is 1. The lowest BCUT2D eigenvalue weighted by Crippen LogP contribution is -2.03. The van der Waals surface area contributed by atoms with Gasteiger partial charge in [-0.05, 0) is 61.4 Å². The Hall–Kier alpha value is -3.18. The number of nitrogens with zero attached hydrogens (tertiary/aromatic N) is 2. The number of fused-ring (bicyclic) bond motifs is 1. The zero-order chi connectivity index (χ0) is 20.1. The Balaban J connectivity index is 1.33. The lowest BCUT2D eigenvalue weighted by atomic mass is 10.1. The molecule has 5 nitrogen and oxygen atoms in total. The molecule has 2 aromatic heterocycles. The minimum absolute atomic E-state index is 0.601. The highest BCUT2D eigenvalue weighted by atomic mass is 35.5. The van der Waals surface area contributed by atoms with Gasteiger partial charge in [0, 0.05) is 28.7 Å². The molecule has 0 amide bonds. The van der Waals surface area contributed by atoms with Gasteiger partial charge >= 0.3 is 0 Å². The van der Waals surface area contributed by atoms with Gasteiger partial charge in [0.05, 0.1) is 18.9 Å². The summed E-state index contributed by atoms with van der Waals surface area (Å²) < 4.78 is 13.7. The van der Waals surface area contributed by atoms with E-state index in [4.69, 9.17) is 31.8 Å². The fraction of sp³-hybridized carbons (Fsp3) is 0.174. The second kappa shape index (κ2) is 8.88. The first kappa shape index (κ1) is 19.2. The topological polar surface area (TPSA) is 61.8 Å². The third-order valence-electron chi connectivity index (χ3n) is 4.51. The van der Waals surface area contributed by atoms with Crippen molar-refractivity contribution < 1.29 is 9.47 Å². The van der Waals surface area contributed by atoms with Crippen LogP contribution < -0.4 is 15.2 Å². The Morgan fingerprint density at radius 2 is 1.72 bits per heavy atom. The van der Waals surface area contributed by atoms with Crippen LogP contribution in [-0.4, -0.2) is 22.6 Å². The molecular weight excluding hydrogens is 386 g/mol. The minimum atomic E-state index is 0.601. The number of rotatable bonds is 8. The number of imidazole rings is 1. The van der Waals surface area contributed by atoms with Crippen molar-refractivity contribution in [3.63, 3.8) is 0 Å². The predicted molar refractivity (Wildman–Crippen MR) is 117 cm³/mol. The number of benzene rings is 2. The van der Waals surface area contributed by atoms with Crippen LogP contribution in [-0.2, 0) is 0 Å². The van der Waals surface area contributed by atoms with Gasteiger partial charge in [0.15, 0.2) is 11.4 Å². The van der Waals surface area contributed by atoms with Crippen molar-refractivity contribution >= 4 is 22.9 Å². The minimum Gasteiger partial charge on any atom is -0.494 e. The summed E-state index contributed by atoms with van der Waals surface area (Å²) in [5.74, 6) is 1.59. The predicted octanol–water partition coefficient (Wildman–Crippen LogP) is 5.47. The van der Waals surface area contributed by atoms with Gasteiger partial charge in [-0.1, -0.05) is 23.7 Å². The van der Waals surface area contributed by atoms with E-state index < -0.39 is 0 Å². The number of anilines is 1. The second-order valence-corrected chi connectivity index (χ2v) is 7.15. The van der Waals surface area contributed by atoms with Crippen molar-refractivity contribution in [1.29, 1.82) is 0 Å². The van der Waals surface area contributed by atoms with E-state index in [2.05, 4.69) is 0 Å². The molecule has 6 heteroatoms. The standard InChI is InChI=1S/C23H22ClN3O2/c24-18-8-10-20(11-9-18)28-13-1-2-14-29-22-7-4-12-27-16-21(26-23(22)27)17-5-3-6-19(25)15-17/h3-12,15-16H,1-2,13-14,25H2. The summed E-state index contributed by atoms with van der Waals surface area (Å²) in [5.41, 5.74) is 9.26. The Bertz CT molecular complexity index is 1090. The van der Waals surface area contributed by atoms with Gasteiger partial charge in [-0.15, -0.1) is 0 Å². The summed E-state index contributed by atoms with van der Waals surface area (Å²) in [6.45, 7) is 1.24. The first-order valence-corrected chi connectivity index (χ1v) is 9.92. The molecule has 0 bridgehead atoms. The number of ether oxygens (including phenoxy) is 2. The molecule has 0 spiro atoms. The van der Waals surface area contributed by atoms with Crippen LogP contribution in [0, 0.1) is 0 Å². The van der Waals surface area contributed by atoms with Crippen LogP contribution in [0.4, 0.5) is 5.69 Å². The van der Waals surface area contributed by atoms with E-state index in [0.717, 1.165) is 46.9 Å². The number of halogens is 1. The summed E-state index contributed by atoms with van der Waals surface area (Å²) in [6, 6.07) is 19.0. The fourth-order valence-corrected chi connectivity index (χ4v) is 3.17. The Morgan fingerprint density at radius 3 is 2.52 bits per heavy atom. The molecule has 0 saturated carbocycles. The summed E-state index contributed by atoms with van der Waals surface area (Å²) in [7, 11) is 0. The van der Waals surface area contributed by atoms with E-state index in [1.165, 1.54) is 0 Å². The van der Waals surface area contributed by atoms with Crippen LogP contribution in [0.3, 0.4) is 0 Å². The zero-order valence-corrected chi connectivity index (χ0v) is 16.7. The smallest absolute Gasteiger partial charge is 0.180 e. The molecule has 4 rings (SSSR count). The molecule has 2 heterocycles. The molecule has 2 N–H and O–H groups in total. The maximum atomic E-state index is 5.98. The first-order valence-electron chi connectivity index (χ1n) is 9.54. The van der Waals surface area contributed by atoms with Gasteiger partial charge in [-0.25, -0.2) is 4.98 Å². The molecule has 148 valence electrons. The number of nitrogen functional groups attached to an aromatic ring is 1. The molecule has 0 aliphatic rings. The third-order valence-corrected chi connectivity index (χ3v) is 4.76. The second-order valence-electron chi connectivity index (χ2n) is 6.71. The molecule has 0 aliphatic heterocycles. The summed E-state index contributed by atoms with van der Waals surface area (Å²) in [6.07, 6.45) is 5.73. The Labute approximate surface area is 174 Å². The van der Waals surface area contributed by atoms with Crippen LogP contribution in [0.15, 0.2) is 73.1 Å². The zero-order valence-electron chi connectivity index (χ0n) is 15.9. The van der Waals surface area contributed by atoms with Gasteiger partial charge in [-0.3, -0.25) is 0 Å². The molecule has 0 aliphatic carbocycles. The Kier molecular flexibility index (Phi) is 5.86. The van der Waals surface area contributed by atoms with Crippen LogP contribution >= 0.6 is 11.6 Å². The first-order chi connectivity index (χ1) is 14.2. The van der Waals surface area contributed by atoms with E-state index >= 15 is 0 Å². The van der Waals surface area contributed by atoms with Crippen molar-refractivity contribution in [3.8, 4) is 22.8 Å². The molecule has 0 unspecified atom stereocenters. The largest absolute Gasteiger partial charge is 0.494 e. The highest BCUT2D eigenvalue weighted by molar-refractivity contribution is 6.30. The summed E-state index contributed by atoms with van der Waals surface area (Å²) in [4.78, 5) is 4.73. The van der Waals surface area contributed by atoms with E-state index in [1.54, 1.807) is 0 Å². The van der Waals surface area contributed by atoms with Crippen LogP contribution in [0.5, 0.6) is 11.5 Å². The van der Waals surface area contributed by atoms with Crippen molar-refractivity contribution in [2.24, 2.45) is 0 Å². The number of aromatic nitrogens is 2. The molecule has 0 fully saturated rings. The van der Waals surface area contributed by atoms with Gasteiger partial charge < -0.3 is 19.6 Å². The fourth-order valence-electron chi connectivity index (χ4n) is 3.04. The summed E-state index contributed by atoms with van der Waals surface area (Å²) >= 11 is 5.87. The maximum Gasteiger partial charge on any atom is 0.180 e. The molecule has 29 heavy (non-hydrogen) atoms. The van der Waals surface area contributed by atoms with Crippen molar-refractivity contribution in [2.75, 3.05) is 18.9 Å². The van der Waals surface area contributed by atoms with Gasteiger partial charge in [0.2, 0.25) is 0 Å². The van der Waals surface area contributed by atoms with Crippen LogP contribution in [0.25, 0.3) is 16.9 Å². The molecular formula is C23H22ClN3O2. The highest BCUT2D eigenvalue weighted by Crippen LogP contribution is 2.25. The highest BCUT2D eigenvalue weighted by Gasteiger charge is 2.09. The molecule has 4 aromatic rings. The quantitative estimate of drug-likeness (QED) is 0.310. The van der Waals surface area contributed by atoms with Gasteiger partial charge in [0.1, 0.15) is 5.75 Å². The van der Waals surface area contributed by atoms with E-state index in [0.29, 0.717) is 18.2 Å². The monoisotopic (exact) mass is 407 g/mol. The lowest BCUT2D eigenvalue weighted by Gasteiger charge is -2.08. The normalized spacial score (nSPS) is 10.9. The average Bonchev–Trinajstić information content (AvgIpc) is 3.17. The molecule has 0 saturated heterocycles. The number of hydrogen-bond donors (Lipinski definition) is 1. The SMILES string of the molecule is Nc1cccc(-c2cn3cccc(OCCCCOc4ccc(Cl)cc4)c3n2)c1. The van der Waals surface area contributed by atoms with E-state index in [9.17, 15) is 0 Å². The van der Waals surface area contributed by atoms with Crippen molar-refractivity contribution in [2.45, 2.75) is 12.8 Å². The molecule has 0 atom stereocenters. The number of pyridine rings is 1. The third kappa shape index (κ3) is 4.81. The van der Waals surface area contributed by atoms with Crippen LogP contribution in [0.1, 0.15) is 12.8 Å². The van der Waals surface area contributed by atoms with E-state index in [-0.39, 0.29) is 0 Å².